The fraction of sp³-hybridized carbons (Fsp3) is 0.250. The predicted molar refractivity (Wildman–Crippen MR) is 75.6 cm³/mol. The van der Waals surface area contributed by atoms with Crippen molar-refractivity contribution in [1.82, 2.24) is 0 Å². The van der Waals surface area contributed by atoms with Crippen molar-refractivity contribution in [3.63, 3.8) is 0 Å². The zero-order chi connectivity index (χ0) is 14.0. The van der Waals surface area contributed by atoms with Gasteiger partial charge in [0.05, 0.1) is 5.56 Å². The normalized spacial score (nSPS) is 10.6. The first-order valence-corrected chi connectivity index (χ1v) is 6.44. The molecule has 0 aliphatic rings. The van der Waals surface area contributed by atoms with E-state index >= 15 is 0 Å². The monoisotopic (exact) mass is 258 g/mol. The highest BCUT2D eigenvalue weighted by atomic mass is 16.3. The molecule has 0 unspecified atom stereocenters. The van der Waals surface area contributed by atoms with Crippen LogP contribution in [0.3, 0.4) is 0 Å². The number of phenolic OH excluding ortho intramolecular Hbond substituents is 3. The second-order valence-corrected chi connectivity index (χ2v) is 4.53. The molecule has 0 amide bonds. The smallest absolute Gasteiger partial charge is 0.169 e. The molecule has 100 valence electrons. The lowest BCUT2D eigenvalue weighted by Crippen LogP contribution is -1.92. The molecule has 0 heterocycles. The first-order valence-electron chi connectivity index (χ1n) is 6.44. The lowest BCUT2D eigenvalue weighted by atomic mass is 9.94. The highest BCUT2D eigenvalue weighted by molar-refractivity contribution is 5.81. The molecule has 0 aliphatic heterocycles. The van der Waals surface area contributed by atoms with Gasteiger partial charge in [0, 0.05) is 0 Å². The van der Waals surface area contributed by atoms with Crippen molar-refractivity contribution in [2.24, 2.45) is 0 Å². The van der Waals surface area contributed by atoms with Crippen LogP contribution in [0.2, 0.25) is 0 Å². The summed E-state index contributed by atoms with van der Waals surface area (Å²) in [7, 11) is 0. The maximum absolute atomic E-state index is 9.97. The zero-order valence-corrected chi connectivity index (χ0v) is 11.1. The fourth-order valence-electron chi connectivity index (χ4n) is 2.24. The van der Waals surface area contributed by atoms with E-state index in [1.54, 1.807) is 0 Å². The average molecular weight is 258 g/mol. The van der Waals surface area contributed by atoms with Crippen LogP contribution in [0, 0.1) is 0 Å². The molecule has 0 bridgehead atoms. The molecule has 2 aromatic rings. The SMILES string of the molecule is CCc1ccc(-c2c(O)ccc(O)c2O)c(CC)c1. The minimum absolute atomic E-state index is 0.0331. The van der Waals surface area contributed by atoms with Gasteiger partial charge in [-0.1, -0.05) is 32.0 Å². The zero-order valence-electron chi connectivity index (χ0n) is 11.1. The summed E-state index contributed by atoms with van der Waals surface area (Å²) in [5, 5.41) is 29.5. The average Bonchev–Trinajstić information content (AvgIpc) is 2.43. The van der Waals surface area contributed by atoms with Crippen molar-refractivity contribution in [1.29, 1.82) is 0 Å². The van der Waals surface area contributed by atoms with Gasteiger partial charge in [-0.15, -0.1) is 0 Å². The number of hydrogen-bond donors (Lipinski definition) is 3. The number of aromatic hydroxyl groups is 3. The summed E-state index contributed by atoms with van der Waals surface area (Å²) >= 11 is 0. The summed E-state index contributed by atoms with van der Waals surface area (Å²) in [5.74, 6) is -0.539. The molecule has 0 spiro atoms. The van der Waals surface area contributed by atoms with E-state index in [-0.39, 0.29) is 17.2 Å². The number of rotatable bonds is 3. The molecule has 3 heteroatoms. The van der Waals surface area contributed by atoms with Crippen LogP contribution in [-0.2, 0) is 12.8 Å². The van der Waals surface area contributed by atoms with E-state index in [1.807, 2.05) is 19.1 Å². The van der Waals surface area contributed by atoms with Crippen LogP contribution >= 0.6 is 0 Å². The van der Waals surface area contributed by atoms with Crippen LogP contribution in [0.15, 0.2) is 30.3 Å². The summed E-state index contributed by atoms with van der Waals surface area (Å²) in [4.78, 5) is 0. The molecule has 19 heavy (non-hydrogen) atoms. The van der Waals surface area contributed by atoms with Gasteiger partial charge in [0.2, 0.25) is 0 Å². The van der Waals surface area contributed by atoms with Gasteiger partial charge in [0.15, 0.2) is 11.5 Å². The number of aryl methyl sites for hydroxylation is 2. The van der Waals surface area contributed by atoms with Crippen molar-refractivity contribution in [3.05, 3.63) is 41.5 Å². The lowest BCUT2D eigenvalue weighted by Gasteiger charge is -2.13. The van der Waals surface area contributed by atoms with Crippen LogP contribution in [-0.4, -0.2) is 15.3 Å². The molecule has 2 aromatic carbocycles. The molecule has 0 saturated heterocycles. The van der Waals surface area contributed by atoms with E-state index < -0.39 is 0 Å². The third-order valence-corrected chi connectivity index (χ3v) is 3.36. The van der Waals surface area contributed by atoms with Gasteiger partial charge in [-0.25, -0.2) is 0 Å². The Labute approximate surface area is 112 Å². The van der Waals surface area contributed by atoms with Gasteiger partial charge in [-0.05, 0) is 41.7 Å². The lowest BCUT2D eigenvalue weighted by molar-refractivity contribution is 0.398. The fourth-order valence-corrected chi connectivity index (χ4v) is 2.24. The second-order valence-electron chi connectivity index (χ2n) is 4.53. The van der Waals surface area contributed by atoms with Crippen LogP contribution in [0.5, 0.6) is 17.2 Å². The highest BCUT2D eigenvalue weighted by Gasteiger charge is 2.16. The van der Waals surface area contributed by atoms with Crippen molar-refractivity contribution in [2.45, 2.75) is 26.7 Å². The Kier molecular flexibility index (Phi) is 3.65. The third kappa shape index (κ3) is 2.36. The van der Waals surface area contributed by atoms with Crippen LogP contribution in [0.4, 0.5) is 0 Å². The Morgan fingerprint density at radius 1 is 0.842 bits per heavy atom. The largest absolute Gasteiger partial charge is 0.507 e. The van der Waals surface area contributed by atoms with Gasteiger partial charge >= 0.3 is 0 Å². The van der Waals surface area contributed by atoms with E-state index in [4.69, 9.17) is 0 Å². The molecule has 0 aliphatic carbocycles. The summed E-state index contributed by atoms with van der Waals surface area (Å²) in [6.07, 6.45) is 1.73. The highest BCUT2D eigenvalue weighted by Crippen LogP contribution is 2.44. The molecule has 0 aromatic heterocycles. The van der Waals surface area contributed by atoms with Crippen molar-refractivity contribution < 1.29 is 15.3 Å². The van der Waals surface area contributed by atoms with Crippen LogP contribution in [0.1, 0.15) is 25.0 Å². The first kappa shape index (κ1) is 13.3. The molecule has 0 saturated carbocycles. The Morgan fingerprint density at radius 3 is 2.16 bits per heavy atom. The molecule has 3 N–H and O–H groups in total. The van der Waals surface area contributed by atoms with E-state index in [0.717, 1.165) is 24.0 Å². The van der Waals surface area contributed by atoms with E-state index in [0.29, 0.717) is 5.56 Å². The minimum atomic E-state index is -0.279. The van der Waals surface area contributed by atoms with Crippen molar-refractivity contribution in [3.8, 4) is 28.4 Å². The van der Waals surface area contributed by atoms with Gasteiger partial charge in [0.25, 0.3) is 0 Å². The molecule has 0 fully saturated rings. The second kappa shape index (κ2) is 5.22. The van der Waals surface area contributed by atoms with E-state index in [2.05, 4.69) is 13.0 Å². The summed E-state index contributed by atoms with van der Waals surface area (Å²) in [6, 6.07) is 8.58. The Balaban J connectivity index is 2.68. The van der Waals surface area contributed by atoms with Gasteiger partial charge in [-0.3, -0.25) is 0 Å². The standard InChI is InChI=1S/C16H18O3/c1-3-10-5-6-12(11(4-2)9-10)15-13(17)7-8-14(18)16(15)19/h5-9,17-19H,3-4H2,1-2H3. The molecular formula is C16H18O3. The third-order valence-electron chi connectivity index (χ3n) is 3.36. The summed E-state index contributed by atoms with van der Waals surface area (Å²) < 4.78 is 0. The Morgan fingerprint density at radius 2 is 1.53 bits per heavy atom. The number of benzene rings is 2. The topological polar surface area (TPSA) is 60.7 Å². The van der Waals surface area contributed by atoms with E-state index in [1.165, 1.54) is 17.7 Å². The van der Waals surface area contributed by atoms with Crippen LogP contribution in [0.25, 0.3) is 11.1 Å². The first-order chi connectivity index (χ1) is 9.08. The molecule has 0 radical (unpaired) electrons. The maximum atomic E-state index is 9.97. The van der Waals surface area contributed by atoms with Gasteiger partial charge < -0.3 is 15.3 Å². The Bertz CT molecular complexity index is 603. The van der Waals surface area contributed by atoms with Crippen molar-refractivity contribution >= 4 is 0 Å². The summed E-state index contributed by atoms with van der Waals surface area (Å²) in [6.45, 7) is 4.10. The van der Waals surface area contributed by atoms with Gasteiger partial charge in [-0.2, -0.15) is 0 Å². The molecule has 3 nitrogen and oxygen atoms in total. The quantitative estimate of drug-likeness (QED) is 0.582. The Hall–Kier alpha value is -2.16. The maximum Gasteiger partial charge on any atom is 0.169 e. The molecule has 0 atom stereocenters. The number of hydrogen-bond acceptors (Lipinski definition) is 3. The van der Waals surface area contributed by atoms with Crippen LogP contribution < -0.4 is 0 Å². The van der Waals surface area contributed by atoms with E-state index in [9.17, 15) is 15.3 Å². The molecule has 2 rings (SSSR count). The summed E-state index contributed by atoms with van der Waals surface area (Å²) in [5.41, 5.74) is 3.29. The minimum Gasteiger partial charge on any atom is -0.507 e. The number of phenols is 3. The predicted octanol–water partition coefficient (Wildman–Crippen LogP) is 3.60. The molecular weight excluding hydrogens is 240 g/mol. The van der Waals surface area contributed by atoms with Crippen molar-refractivity contribution in [2.75, 3.05) is 0 Å². The van der Waals surface area contributed by atoms with Gasteiger partial charge in [0.1, 0.15) is 5.75 Å².